The molecule has 3 heteroatoms. The molecule has 0 unspecified atom stereocenters. The van der Waals surface area contributed by atoms with Crippen molar-refractivity contribution in [2.24, 2.45) is 5.92 Å². The van der Waals surface area contributed by atoms with Gasteiger partial charge < -0.3 is 4.42 Å². The van der Waals surface area contributed by atoms with E-state index in [0.717, 1.165) is 15.8 Å². The highest BCUT2D eigenvalue weighted by Gasteiger charge is 2.29. The Balaban J connectivity index is 2.34. The third-order valence-electron chi connectivity index (χ3n) is 3.68. The fourth-order valence-electron chi connectivity index (χ4n) is 1.58. The lowest BCUT2D eigenvalue weighted by atomic mass is 9.79. The second-order valence-electron chi connectivity index (χ2n) is 5.41. The first kappa shape index (κ1) is 13.3. The molecule has 0 N–H and O–H groups in total. The monoisotopic (exact) mass is 307 g/mol. The minimum atomic E-state index is 0.000609. The van der Waals surface area contributed by atoms with Crippen molar-refractivity contribution in [1.29, 1.82) is 0 Å². The van der Waals surface area contributed by atoms with E-state index in [2.05, 4.69) is 48.6 Å². The molecule has 0 aliphatic rings. The molecular formula is C15H18BrNO. The van der Waals surface area contributed by atoms with Crippen LogP contribution in [0.15, 0.2) is 39.4 Å². The molecule has 2 aromatic rings. The quantitative estimate of drug-likeness (QED) is 0.794. The standard InChI is InChI=1S/C15H18BrNO/c1-10(2)15(3,4)13-9-17-14(18-13)11-5-7-12(16)8-6-11/h5-10H,1-4H3. The number of halogens is 1. The molecule has 96 valence electrons. The van der Waals surface area contributed by atoms with Crippen molar-refractivity contribution in [3.63, 3.8) is 0 Å². The van der Waals surface area contributed by atoms with Crippen LogP contribution in [-0.4, -0.2) is 4.98 Å². The van der Waals surface area contributed by atoms with Gasteiger partial charge in [0.25, 0.3) is 0 Å². The number of nitrogens with zero attached hydrogens (tertiary/aromatic N) is 1. The fraction of sp³-hybridized carbons (Fsp3) is 0.400. The van der Waals surface area contributed by atoms with Crippen molar-refractivity contribution in [1.82, 2.24) is 4.98 Å². The van der Waals surface area contributed by atoms with Crippen LogP contribution in [-0.2, 0) is 5.41 Å². The van der Waals surface area contributed by atoms with E-state index in [4.69, 9.17) is 4.42 Å². The highest BCUT2D eigenvalue weighted by Crippen LogP contribution is 2.33. The highest BCUT2D eigenvalue weighted by molar-refractivity contribution is 9.10. The summed E-state index contributed by atoms with van der Waals surface area (Å²) >= 11 is 3.42. The van der Waals surface area contributed by atoms with Crippen LogP contribution in [0, 0.1) is 5.92 Å². The van der Waals surface area contributed by atoms with Crippen LogP contribution >= 0.6 is 15.9 Å². The first-order valence-electron chi connectivity index (χ1n) is 6.13. The number of rotatable bonds is 3. The first-order valence-corrected chi connectivity index (χ1v) is 6.93. The topological polar surface area (TPSA) is 26.0 Å². The lowest BCUT2D eigenvalue weighted by molar-refractivity contribution is 0.303. The average Bonchev–Trinajstić information content (AvgIpc) is 2.79. The number of benzene rings is 1. The Hall–Kier alpha value is -1.09. The summed E-state index contributed by atoms with van der Waals surface area (Å²) in [6, 6.07) is 7.99. The second kappa shape index (κ2) is 4.88. The van der Waals surface area contributed by atoms with E-state index >= 15 is 0 Å². The van der Waals surface area contributed by atoms with Crippen LogP contribution in [0.1, 0.15) is 33.5 Å². The van der Waals surface area contributed by atoms with E-state index in [1.807, 2.05) is 30.5 Å². The molecule has 18 heavy (non-hydrogen) atoms. The Morgan fingerprint density at radius 1 is 1.17 bits per heavy atom. The van der Waals surface area contributed by atoms with Crippen LogP contribution in [0.5, 0.6) is 0 Å². The molecule has 0 aliphatic carbocycles. The normalized spacial score (nSPS) is 12.1. The zero-order valence-electron chi connectivity index (χ0n) is 11.2. The second-order valence-corrected chi connectivity index (χ2v) is 6.33. The predicted octanol–water partition coefficient (Wildman–Crippen LogP) is 5.04. The van der Waals surface area contributed by atoms with Crippen molar-refractivity contribution in [3.05, 3.63) is 40.7 Å². The molecule has 1 aromatic carbocycles. The molecular weight excluding hydrogens is 290 g/mol. The third-order valence-corrected chi connectivity index (χ3v) is 4.20. The van der Waals surface area contributed by atoms with Gasteiger partial charge in [-0.3, -0.25) is 0 Å². The van der Waals surface area contributed by atoms with Gasteiger partial charge in [-0.05, 0) is 30.2 Å². The number of oxazole rings is 1. The molecule has 1 aromatic heterocycles. The molecule has 1 heterocycles. The summed E-state index contributed by atoms with van der Waals surface area (Å²) in [7, 11) is 0. The first-order chi connectivity index (χ1) is 8.41. The lowest BCUT2D eigenvalue weighted by Crippen LogP contribution is -2.23. The van der Waals surface area contributed by atoms with E-state index in [0.29, 0.717) is 11.8 Å². The zero-order valence-corrected chi connectivity index (χ0v) is 12.8. The molecule has 0 aliphatic heterocycles. The zero-order chi connectivity index (χ0) is 13.3. The Labute approximate surface area is 117 Å². The summed E-state index contributed by atoms with van der Waals surface area (Å²) in [4.78, 5) is 4.38. The van der Waals surface area contributed by atoms with Crippen LogP contribution in [0.2, 0.25) is 0 Å². The maximum absolute atomic E-state index is 5.91. The van der Waals surface area contributed by atoms with Gasteiger partial charge in [-0.15, -0.1) is 0 Å². The number of hydrogen-bond acceptors (Lipinski definition) is 2. The number of hydrogen-bond donors (Lipinski definition) is 0. The average molecular weight is 308 g/mol. The summed E-state index contributed by atoms with van der Waals surface area (Å²) in [5, 5.41) is 0. The molecule has 0 amide bonds. The van der Waals surface area contributed by atoms with Crippen molar-refractivity contribution in [3.8, 4) is 11.5 Å². The molecule has 2 rings (SSSR count). The van der Waals surface area contributed by atoms with Crippen molar-refractivity contribution < 1.29 is 4.42 Å². The van der Waals surface area contributed by atoms with Gasteiger partial charge in [0.1, 0.15) is 5.76 Å². The summed E-state index contributed by atoms with van der Waals surface area (Å²) in [6.45, 7) is 8.76. The van der Waals surface area contributed by atoms with E-state index in [-0.39, 0.29) is 5.41 Å². The molecule has 0 fully saturated rings. The smallest absolute Gasteiger partial charge is 0.226 e. The Kier molecular flexibility index (Phi) is 3.62. The summed E-state index contributed by atoms with van der Waals surface area (Å²) in [5.41, 5.74) is 1.00. The Morgan fingerprint density at radius 3 is 2.33 bits per heavy atom. The predicted molar refractivity (Wildman–Crippen MR) is 77.5 cm³/mol. The van der Waals surface area contributed by atoms with Crippen LogP contribution in [0.4, 0.5) is 0 Å². The van der Waals surface area contributed by atoms with Crippen molar-refractivity contribution in [2.45, 2.75) is 33.1 Å². The third kappa shape index (κ3) is 2.51. The molecule has 2 nitrogen and oxygen atoms in total. The number of aromatic nitrogens is 1. The van der Waals surface area contributed by atoms with Crippen LogP contribution in [0.3, 0.4) is 0 Å². The van der Waals surface area contributed by atoms with Gasteiger partial charge >= 0.3 is 0 Å². The molecule has 0 bridgehead atoms. The van der Waals surface area contributed by atoms with Gasteiger partial charge in [0, 0.05) is 15.5 Å². The van der Waals surface area contributed by atoms with Gasteiger partial charge in [-0.25, -0.2) is 4.98 Å². The molecule has 0 saturated heterocycles. The molecule has 0 atom stereocenters. The van der Waals surface area contributed by atoms with E-state index < -0.39 is 0 Å². The van der Waals surface area contributed by atoms with E-state index in [1.165, 1.54) is 0 Å². The summed E-state index contributed by atoms with van der Waals surface area (Å²) in [5.74, 6) is 2.13. The fourth-order valence-corrected chi connectivity index (χ4v) is 1.85. The maximum atomic E-state index is 5.91. The van der Waals surface area contributed by atoms with Gasteiger partial charge in [0.05, 0.1) is 6.20 Å². The molecule has 0 saturated carbocycles. The van der Waals surface area contributed by atoms with E-state index in [1.54, 1.807) is 0 Å². The lowest BCUT2D eigenvalue weighted by Gasteiger charge is -2.25. The summed E-state index contributed by atoms with van der Waals surface area (Å²) < 4.78 is 6.97. The van der Waals surface area contributed by atoms with Gasteiger partial charge in [0.15, 0.2) is 0 Å². The Bertz CT molecular complexity index is 526. The molecule has 0 spiro atoms. The van der Waals surface area contributed by atoms with Crippen LogP contribution in [0.25, 0.3) is 11.5 Å². The van der Waals surface area contributed by atoms with Crippen molar-refractivity contribution >= 4 is 15.9 Å². The van der Waals surface area contributed by atoms with Gasteiger partial charge in [-0.2, -0.15) is 0 Å². The van der Waals surface area contributed by atoms with E-state index in [9.17, 15) is 0 Å². The molecule has 0 radical (unpaired) electrons. The minimum absolute atomic E-state index is 0.000609. The summed E-state index contributed by atoms with van der Waals surface area (Å²) in [6.07, 6.45) is 1.84. The van der Waals surface area contributed by atoms with Gasteiger partial charge in [-0.1, -0.05) is 43.6 Å². The minimum Gasteiger partial charge on any atom is -0.441 e. The highest BCUT2D eigenvalue weighted by atomic mass is 79.9. The van der Waals surface area contributed by atoms with Crippen molar-refractivity contribution in [2.75, 3.05) is 0 Å². The Morgan fingerprint density at radius 2 is 1.78 bits per heavy atom. The SMILES string of the molecule is CC(C)C(C)(C)c1cnc(-c2ccc(Br)cc2)o1. The maximum Gasteiger partial charge on any atom is 0.226 e. The van der Waals surface area contributed by atoms with Crippen LogP contribution < -0.4 is 0 Å². The largest absolute Gasteiger partial charge is 0.441 e. The van der Waals surface area contributed by atoms with Gasteiger partial charge in [0.2, 0.25) is 5.89 Å².